The fourth-order valence-corrected chi connectivity index (χ4v) is 4.26. The molecule has 0 saturated carbocycles. The Bertz CT molecular complexity index is 666. The van der Waals surface area contributed by atoms with Crippen LogP contribution in [0.5, 0.6) is 0 Å². The largest absolute Gasteiger partial charge is 0.381 e. The number of nitro groups is 1. The van der Waals surface area contributed by atoms with E-state index in [0.29, 0.717) is 6.54 Å². The van der Waals surface area contributed by atoms with Gasteiger partial charge in [0.15, 0.2) is 0 Å². The molecule has 0 fully saturated rings. The predicted molar refractivity (Wildman–Crippen MR) is 105 cm³/mol. The second kappa shape index (κ2) is 8.73. The number of fused-ring (bicyclic) bond motifs is 1. The number of anilines is 1. The maximum absolute atomic E-state index is 11.7. The van der Waals surface area contributed by atoms with Crippen LogP contribution < -0.4 is 10.6 Å². The van der Waals surface area contributed by atoms with Crippen molar-refractivity contribution >= 4 is 29.0 Å². The number of nitrogens with zero attached hydrogens (tertiary/aromatic N) is 1. The van der Waals surface area contributed by atoms with Crippen LogP contribution in [0, 0.1) is 15.5 Å². The molecule has 0 aromatic heterocycles. The highest BCUT2D eigenvalue weighted by Gasteiger charge is 2.37. The minimum absolute atomic E-state index is 0.0506. The number of rotatable bonds is 8. The number of nitro benzene ring substituents is 1. The molecule has 1 heterocycles. The standard InChI is InChI=1S/C18H27N3O4S/c1-5-26-15-9-16(18(2,3)11-19-17(22)10-25-4)20-14-7-6-12(21(23)24)8-13(14)15/h6-8,15-16,20H,5,9-11H2,1-4H3,(H,19,22). The van der Waals surface area contributed by atoms with E-state index in [-0.39, 0.29) is 39.8 Å². The van der Waals surface area contributed by atoms with Crippen molar-refractivity contribution in [3.63, 3.8) is 0 Å². The smallest absolute Gasteiger partial charge is 0.269 e. The second-order valence-corrected chi connectivity index (χ2v) is 8.58. The van der Waals surface area contributed by atoms with Crippen LogP contribution in [-0.2, 0) is 9.53 Å². The summed E-state index contributed by atoms with van der Waals surface area (Å²) in [6, 6.07) is 5.15. The topological polar surface area (TPSA) is 93.5 Å². The van der Waals surface area contributed by atoms with Gasteiger partial charge in [0.25, 0.3) is 5.69 Å². The van der Waals surface area contributed by atoms with Crippen molar-refractivity contribution in [2.75, 3.05) is 31.3 Å². The summed E-state index contributed by atoms with van der Waals surface area (Å²) in [5, 5.41) is 17.7. The van der Waals surface area contributed by atoms with Gasteiger partial charge in [-0.1, -0.05) is 20.8 Å². The van der Waals surface area contributed by atoms with Crippen molar-refractivity contribution in [2.45, 2.75) is 38.5 Å². The van der Waals surface area contributed by atoms with E-state index in [2.05, 4.69) is 31.4 Å². The molecule has 1 aromatic rings. The molecule has 1 amide bonds. The fourth-order valence-electron chi connectivity index (χ4n) is 3.15. The Hall–Kier alpha value is -1.80. The summed E-state index contributed by atoms with van der Waals surface area (Å²) >= 11 is 1.80. The van der Waals surface area contributed by atoms with E-state index < -0.39 is 0 Å². The molecule has 0 spiro atoms. The van der Waals surface area contributed by atoms with Crippen LogP contribution in [0.1, 0.15) is 38.0 Å². The summed E-state index contributed by atoms with van der Waals surface area (Å²) in [4.78, 5) is 22.5. The lowest BCUT2D eigenvalue weighted by Gasteiger charge is -2.42. The lowest BCUT2D eigenvalue weighted by Crippen LogP contribution is -2.47. The number of non-ortho nitro benzene ring substituents is 1. The van der Waals surface area contributed by atoms with E-state index in [1.165, 1.54) is 13.2 Å². The monoisotopic (exact) mass is 381 g/mol. The molecule has 7 nitrogen and oxygen atoms in total. The van der Waals surface area contributed by atoms with Crippen molar-refractivity contribution < 1.29 is 14.5 Å². The van der Waals surface area contributed by atoms with Crippen molar-refractivity contribution in [2.24, 2.45) is 5.41 Å². The molecule has 0 bridgehead atoms. The fraction of sp³-hybridized carbons (Fsp3) is 0.611. The summed E-state index contributed by atoms with van der Waals surface area (Å²) in [5.74, 6) is 0.803. The predicted octanol–water partition coefficient (Wildman–Crippen LogP) is 3.36. The molecule has 26 heavy (non-hydrogen) atoms. The van der Waals surface area contributed by atoms with Gasteiger partial charge in [0.05, 0.1) is 4.92 Å². The van der Waals surface area contributed by atoms with Crippen LogP contribution >= 0.6 is 11.8 Å². The number of hydrogen-bond donors (Lipinski definition) is 2. The van der Waals surface area contributed by atoms with Crippen molar-refractivity contribution in [1.29, 1.82) is 0 Å². The van der Waals surface area contributed by atoms with Gasteiger partial charge in [-0.05, 0) is 23.8 Å². The number of ether oxygens (including phenoxy) is 1. The molecule has 2 atom stereocenters. The maximum Gasteiger partial charge on any atom is 0.269 e. The molecular weight excluding hydrogens is 354 g/mol. The second-order valence-electron chi connectivity index (χ2n) is 7.10. The molecule has 0 aliphatic carbocycles. The normalized spacial score (nSPS) is 19.4. The van der Waals surface area contributed by atoms with Crippen molar-refractivity contribution in [3.05, 3.63) is 33.9 Å². The molecule has 2 unspecified atom stereocenters. The minimum Gasteiger partial charge on any atom is -0.381 e. The molecule has 144 valence electrons. The number of benzene rings is 1. The van der Waals surface area contributed by atoms with Gasteiger partial charge >= 0.3 is 0 Å². The first-order chi connectivity index (χ1) is 12.3. The summed E-state index contributed by atoms with van der Waals surface area (Å²) in [6.45, 7) is 6.89. The molecule has 2 N–H and O–H groups in total. The number of amides is 1. The van der Waals surface area contributed by atoms with Gasteiger partial charge in [0.1, 0.15) is 6.61 Å². The SMILES string of the molecule is CCSC1CC(C(C)(C)CNC(=O)COC)Nc2ccc([N+](=O)[O-])cc21. The molecule has 2 rings (SSSR count). The average molecular weight is 381 g/mol. The van der Waals surface area contributed by atoms with E-state index >= 15 is 0 Å². The molecular formula is C18H27N3O4S. The third-order valence-corrected chi connectivity index (χ3v) is 5.88. The Morgan fingerprint density at radius 1 is 1.50 bits per heavy atom. The highest BCUT2D eigenvalue weighted by molar-refractivity contribution is 7.99. The van der Waals surface area contributed by atoms with Crippen LogP contribution in [0.3, 0.4) is 0 Å². The average Bonchev–Trinajstić information content (AvgIpc) is 2.60. The molecule has 1 aliphatic rings. The number of carbonyl (C=O) groups is 1. The van der Waals surface area contributed by atoms with Gasteiger partial charge < -0.3 is 15.4 Å². The Balaban J connectivity index is 2.20. The first-order valence-electron chi connectivity index (χ1n) is 8.70. The van der Waals surface area contributed by atoms with E-state index in [1.54, 1.807) is 23.9 Å². The van der Waals surface area contributed by atoms with Gasteiger partial charge in [-0.2, -0.15) is 11.8 Å². The molecule has 1 aromatic carbocycles. The Morgan fingerprint density at radius 3 is 2.85 bits per heavy atom. The maximum atomic E-state index is 11.7. The summed E-state index contributed by atoms with van der Waals surface area (Å²) < 4.78 is 4.85. The highest BCUT2D eigenvalue weighted by Crippen LogP contribution is 2.46. The molecule has 0 saturated heterocycles. The van der Waals surface area contributed by atoms with Gasteiger partial charge in [0, 0.05) is 48.2 Å². The van der Waals surface area contributed by atoms with Gasteiger partial charge in [-0.3, -0.25) is 14.9 Å². The first kappa shape index (κ1) is 20.5. The third-order valence-electron chi connectivity index (χ3n) is 4.70. The lowest BCUT2D eigenvalue weighted by atomic mass is 9.78. The van der Waals surface area contributed by atoms with Crippen LogP contribution in [0.4, 0.5) is 11.4 Å². The molecule has 8 heteroatoms. The van der Waals surface area contributed by atoms with Gasteiger partial charge in [0.2, 0.25) is 5.91 Å². The first-order valence-corrected chi connectivity index (χ1v) is 9.75. The summed E-state index contributed by atoms with van der Waals surface area (Å²) in [6.07, 6.45) is 0.847. The van der Waals surface area contributed by atoms with Crippen LogP contribution in [0.15, 0.2) is 18.2 Å². The van der Waals surface area contributed by atoms with Crippen LogP contribution in [-0.4, -0.2) is 42.9 Å². The van der Waals surface area contributed by atoms with E-state index in [0.717, 1.165) is 23.4 Å². The minimum atomic E-state index is -0.352. The Kier molecular flexibility index (Phi) is 6.88. The highest BCUT2D eigenvalue weighted by atomic mass is 32.2. The summed E-state index contributed by atoms with van der Waals surface area (Å²) in [7, 11) is 1.50. The van der Waals surface area contributed by atoms with Crippen LogP contribution in [0.2, 0.25) is 0 Å². The van der Waals surface area contributed by atoms with E-state index in [1.807, 2.05) is 0 Å². The Labute approximate surface area is 158 Å². The number of nitrogens with one attached hydrogen (secondary N) is 2. The van der Waals surface area contributed by atoms with Crippen molar-refractivity contribution in [1.82, 2.24) is 5.32 Å². The lowest BCUT2D eigenvalue weighted by molar-refractivity contribution is -0.384. The van der Waals surface area contributed by atoms with Crippen LogP contribution in [0.25, 0.3) is 0 Å². The number of hydrogen-bond acceptors (Lipinski definition) is 6. The zero-order valence-corrected chi connectivity index (χ0v) is 16.5. The van der Waals surface area contributed by atoms with E-state index in [9.17, 15) is 14.9 Å². The Morgan fingerprint density at radius 2 is 2.23 bits per heavy atom. The number of thioether (sulfide) groups is 1. The molecule has 0 radical (unpaired) electrons. The number of carbonyl (C=O) groups excluding carboxylic acids is 1. The van der Waals surface area contributed by atoms with Gasteiger partial charge in [-0.25, -0.2) is 0 Å². The number of methoxy groups -OCH3 is 1. The zero-order valence-electron chi connectivity index (χ0n) is 15.7. The summed E-state index contributed by atoms with van der Waals surface area (Å²) in [5.41, 5.74) is 1.86. The van der Waals surface area contributed by atoms with E-state index in [4.69, 9.17) is 4.74 Å². The quantitative estimate of drug-likeness (QED) is 0.530. The van der Waals surface area contributed by atoms with Crippen molar-refractivity contribution in [3.8, 4) is 0 Å². The zero-order chi connectivity index (χ0) is 19.3. The van der Waals surface area contributed by atoms with Gasteiger partial charge in [-0.15, -0.1) is 0 Å². The third kappa shape index (κ3) is 4.88. The molecule has 1 aliphatic heterocycles.